The van der Waals surface area contributed by atoms with Crippen LogP contribution in [0.1, 0.15) is 30.8 Å². The Morgan fingerprint density at radius 1 is 1.30 bits per heavy atom. The Morgan fingerprint density at radius 3 is 2.70 bits per heavy atom. The van der Waals surface area contributed by atoms with Crippen molar-refractivity contribution in [3.8, 4) is 0 Å². The van der Waals surface area contributed by atoms with Gasteiger partial charge in [-0.1, -0.05) is 6.92 Å². The highest BCUT2D eigenvalue weighted by atomic mass is 19.1. The smallest absolute Gasteiger partial charge is 0.268 e. The van der Waals surface area contributed by atoms with Crippen LogP contribution >= 0.6 is 0 Å². The van der Waals surface area contributed by atoms with Gasteiger partial charge >= 0.3 is 0 Å². The molecule has 0 fully saturated rings. The summed E-state index contributed by atoms with van der Waals surface area (Å²) in [6, 6.07) is 5.54. The van der Waals surface area contributed by atoms with E-state index in [1.165, 1.54) is 22.8 Å². The molecule has 0 saturated carbocycles. The molecule has 0 radical (unpaired) electrons. The normalized spacial score (nSPS) is 10.8. The third kappa shape index (κ3) is 2.57. The van der Waals surface area contributed by atoms with Gasteiger partial charge in [0.05, 0.1) is 0 Å². The van der Waals surface area contributed by atoms with E-state index in [0.29, 0.717) is 23.9 Å². The number of hydrogen-bond donors (Lipinski definition) is 1. The van der Waals surface area contributed by atoms with Gasteiger partial charge < -0.3 is 9.88 Å². The number of hydrogen-bond acceptors (Lipinski definition) is 2. The average Bonchev–Trinajstić information content (AvgIpc) is 2.44. The van der Waals surface area contributed by atoms with Crippen molar-refractivity contribution in [2.45, 2.75) is 26.8 Å². The van der Waals surface area contributed by atoms with Crippen LogP contribution in [0.15, 0.2) is 29.1 Å². The quantitative estimate of drug-likeness (QED) is 0.931. The topological polar surface area (TPSA) is 51.1 Å². The summed E-state index contributed by atoms with van der Waals surface area (Å²) in [4.78, 5) is 24.4. The molecule has 2 aromatic rings. The van der Waals surface area contributed by atoms with E-state index in [0.717, 1.165) is 6.42 Å². The maximum atomic E-state index is 13.3. The number of carbonyl (C=O) groups is 1. The molecule has 5 heteroatoms. The van der Waals surface area contributed by atoms with Crippen molar-refractivity contribution in [3.63, 3.8) is 0 Å². The second kappa shape index (κ2) is 5.86. The van der Waals surface area contributed by atoms with Crippen LogP contribution in [0.25, 0.3) is 10.8 Å². The molecule has 1 N–H and O–H groups in total. The Labute approximate surface area is 116 Å². The van der Waals surface area contributed by atoms with Crippen molar-refractivity contribution in [1.29, 1.82) is 0 Å². The molecule has 0 bridgehead atoms. The largest absolute Gasteiger partial charge is 0.351 e. The number of rotatable bonds is 4. The fraction of sp³-hybridized carbons (Fsp3) is 0.333. The van der Waals surface area contributed by atoms with Crippen LogP contribution < -0.4 is 10.9 Å². The monoisotopic (exact) mass is 276 g/mol. The Balaban J connectivity index is 2.64. The van der Waals surface area contributed by atoms with Crippen LogP contribution in [0.4, 0.5) is 4.39 Å². The summed E-state index contributed by atoms with van der Waals surface area (Å²) in [6.45, 7) is 4.68. The molecule has 0 atom stereocenters. The molecule has 0 aliphatic rings. The first-order valence-corrected chi connectivity index (χ1v) is 6.69. The summed E-state index contributed by atoms with van der Waals surface area (Å²) >= 11 is 0. The van der Waals surface area contributed by atoms with Gasteiger partial charge in [-0.25, -0.2) is 4.39 Å². The third-order valence-corrected chi connectivity index (χ3v) is 3.16. The molecule has 4 nitrogen and oxygen atoms in total. The molecule has 20 heavy (non-hydrogen) atoms. The lowest BCUT2D eigenvalue weighted by molar-refractivity contribution is 0.0943. The van der Waals surface area contributed by atoms with E-state index in [2.05, 4.69) is 5.32 Å². The minimum atomic E-state index is -0.425. The van der Waals surface area contributed by atoms with Crippen molar-refractivity contribution in [2.75, 3.05) is 6.54 Å². The molecule has 0 saturated heterocycles. The van der Waals surface area contributed by atoms with Gasteiger partial charge in [-0.2, -0.15) is 0 Å². The summed E-state index contributed by atoms with van der Waals surface area (Å²) in [6.07, 6.45) is 0.810. The van der Waals surface area contributed by atoms with Crippen molar-refractivity contribution < 1.29 is 9.18 Å². The van der Waals surface area contributed by atoms with Crippen LogP contribution in [-0.4, -0.2) is 17.0 Å². The predicted molar refractivity (Wildman–Crippen MR) is 76.5 cm³/mol. The second-order valence-electron chi connectivity index (χ2n) is 4.57. The van der Waals surface area contributed by atoms with Crippen molar-refractivity contribution in [3.05, 3.63) is 46.1 Å². The number of benzene rings is 1. The first kappa shape index (κ1) is 14.2. The molecule has 0 unspecified atom stereocenters. The molecule has 1 heterocycles. The van der Waals surface area contributed by atoms with E-state index in [1.807, 2.05) is 6.92 Å². The fourth-order valence-corrected chi connectivity index (χ4v) is 2.16. The number of aromatic nitrogens is 1. The van der Waals surface area contributed by atoms with Crippen LogP contribution in [0.2, 0.25) is 0 Å². The first-order valence-electron chi connectivity index (χ1n) is 6.69. The first-order chi connectivity index (χ1) is 9.58. The van der Waals surface area contributed by atoms with Gasteiger partial charge in [0.1, 0.15) is 11.5 Å². The standard InChI is InChI=1S/C15H17FN2O2/c1-3-7-17-14(19)13-9-10-8-11(16)5-6-12(10)15(20)18(13)4-2/h5-6,8-9H,3-4,7H2,1-2H3,(H,17,19). The third-order valence-electron chi connectivity index (χ3n) is 3.16. The summed E-state index contributed by atoms with van der Waals surface area (Å²) in [7, 11) is 0. The zero-order valence-electron chi connectivity index (χ0n) is 11.6. The van der Waals surface area contributed by atoms with Gasteiger partial charge in [0.2, 0.25) is 0 Å². The molecule has 1 aromatic heterocycles. The van der Waals surface area contributed by atoms with E-state index in [-0.39, 0.29) is 17.2 Å². The zero-order chi connectivity index (χ0) is 14.7. The number of nitrogens with one attached hydrogen (secondary N) is 1. The van der Waals surface area contributed by atoms with E-state index in [4.69, 9.17) is 0 Å². The minimum Gasteiger partial charge on any atom is -0.351 e. The highest BCUT2D eigenvalue weighted by Crippen LogP contribution is 2.14. The summed E-state index contributed by atoms with van der Waals surface area (Å²) in [5, 5.41) is 3.60. The minimum absolute atomic E-state index is 0.268. The van der Waals surface area contributed by atoms with Crippen LogP contribution in [0, 0.1) is 5.82 Å². The summed E-state index contributed by atoms with van der Waals surface area (Å²) in [5.74, 6) is -0.733. The number of halogens is 1. The molecule has 0 aliphatic heterocycles. The SMILES string of the molecule is CCCNC(=O)c1cc2cc(F)ccc2c(=O)n1CC. The van der Waals surface area contributed by atoms with E-state index < -0.39 is 5.82 Å². The lowest BCUT2D eigenvalue weighted by Gasteiger charge is -2.12. The molecule has 1 aromatic carbocycles. The zero-order valence-corrected chi connectivity index (χ0v) is 11.6. The molecule has 0 aliphatic carbocycles. The van der Waals surface area contributed by atoms with Crippen molar-refractivity contribution >= 4 is 16.7 Å². The van der Waals surface area contributed by atoms with Crippen LogP contribution in [-0.2, 0) is 6.54 Å². The number of pyridine rings is 1. The Bertz CT molecular complexity index is 707. The van der Waals surface area contributed by atoms with Crippen LogP contribution in [0.3, 0.4) is 0 Å². The maximum Gasteiger partial charge on any atom is 0.268 e. The highest BCUT2D eigenvalue weighted by molar-refractivity contribution is 5.96. The van der Waals surface area contributed by atoms with Crippen molar-refractivity contribution in [1.82, 2.24) is 9.88 Å². The molecule has 2 rings (SSSR count). The second-order valence-corrected chi connectivity index (χ2v) is 4.57. The maximum absolute atomic E-state index is 13.3. The van der Waals surface area contributed by atoms with E-state index >= 15 is 0 Å². The highest BCUT2D eigenvalue weighted by Gasteiger charge is 2.14. The fourth-order valence-electron chi connectivity index (χ4n) is 2.16. The Kier molecular flexibility index (Phi) is 4.17. The van der Waals surface area contributed by atoms with Crippen LogP contribution in [0.5, 0.6) is 0 Å². The average molecular weight is 276 g/mol. The summed E-state index contributed by atoms with van der Waals surface area (Å²) < 4.78 is 14.7. The van der Waals surface area contributed by atoms with Crippen molar-refractivity contribution in [2.24, 2.45) is 0 Å². The van der Waals surface area contributed by atoms with Gasteiger partial charge in [0, 0.05) is 18.5 Å². The molecule has 1 amide bonds. The van der Waals surface area contributed by atoms with Gasteiger partial charge in [0.15, 0.2) is 0 Å². The number of nitrogens with zero attached hydrogens (tertiary/aromatic N) is 1. The van der Waals surface area contributed by atoms with Gasteiger partial charge in [-0.3, -0.25) is 9.59 Å². The molecular formula is C15H17FN2O2. The molecular weight excluding hydrogens is 259 g/mol. The number of amides is 1. The van der Waals surface area contributed by atoms with E-state index in [9.17, 15) is 14.0 Å². The Morgan fingerprint density at radius 2 is 2.05 bits per heavy atom. The molecule has 106 valence electrons. The lowest BCUT2D eigenvalue weighted by Crippen LogP contribution is -2.32. The molecule has 0 spiro atoms. The lowest BCUT2D eigenvalue weighted by atomic mass is 10.1. The van der Waals surface area contributed by atoms with Gasteiger partial charge in [0.25, 0.3) is 11.5 Å². The predicted octanol–water partition coefficient (Wildman–Crippen LogP) is 2.30. The van der Waals surface area contributed by atoms with Gasteiger partial charge in [-0.15, -0.1) is 0 Å². The Hall–Kier alpha value is -2.17. The van der Waals surface area contributed by atoms with Gasteiger partial charge in [-0.05, 0) is 43.0 Å². The summed E-state index contributed by atoms with van der Waals surface area (Å²) in [5.41, 5.74) is -0.00398. The van der Waals surface area contributed by atoms with E-state index in [1.54, 1.807) is 13.0 Å². The number of carbonyl (C=O) groups excluding carboxylic acids is 1. The number of fused-ring (bicyclic) bond motifs is 1.